The largest absolute Gasteiger partial charge is 0.387 e. The zero-order valence-corrected chi connectivity index (χ0v) is 10.1. The van der Waals surface area contributed by atoms with Gasteiger partial charge in [-0.2, -0.15) is 0 Å². The van der Waals surface area contributed by atoms with E-state index >= 15 is 0 Å². The first-order chi connectivity index (χ1) is 6.34. The monoisotopic (exact) mass is 200 g/mol. The predicted molar refractivity (Wildman–Crippen MR) is 61.6 cm³/mol. The molecule has 0 amide bonds. The summed E-state index contributed by atoms with van der Waals surface area (Å²) in [6, 6.07) is 0. The lowest BCUT2D eigenvalue weighted by Crippen LogP contribution is -2.29. The minimum absolute atomic E-state index is 0.0297. The van der Waals surface area contributed by atoms with Gasteiger partial charge in [-0.3, -0.25) is 4.99 Å². The van der Waals surface area contributed by atoms with Crippen molar-refractivity contribution in [1.82, 2.24) is 0 Å². The van der Waals surface area contributed by atoms with Gasteiger partial charge >= 0.3 is 0 Å². The highest BCUT2D eigenvalue weighted by molar-refractivity contribution is 5.85. The third-order valence-corrected chi connectivity index (χ3v) is 1.74. The molecule has 0 unspecified atom stereocenters. The SMILES string of the molecule is CC(C)COCCN=C(N)C(C)(C)C. The Morgan fingerprint density at radius 1 is 1.36 bits per heavy atom. The molecule has 0 rings (SSSR count). The van der Waals surface area contributed by atoms with Gasteiger partial charge in [0, 0.05) is 12.0 Å². The fourth-order valence-electron chi connectivity index (χ4n) is 0.787. The van der Waals surface area contributed by atoms with Crippen molar-refractivity contribution in [1.29, 1.82) is 0 Å². The molecule has 0 aliphatic heterocycles. The second-order valence-electron chi connectivity index (χ2n) is 4.99. The van der Waals surface area contributed by atoms with Crippen LogP contribution in [0.15, 0.2) is 4.99 Å². The van der Waals surface area contributed by atoms with Crippen molar-refractivity contribution in [2.45, 2.75) is 34.6 Å². The average Bonchev–Trinajstić information content (AvgIpc) is 2.01. The van der Waals surface area contributed by atoms with E-state index < -0.39 is 0 Å². The van der Waals surface area contributed by atoms with Crippen LogP contribution >= 0.6 is 0 Å². The molecule has 0 heterocycles. The van der Waals surface area contributed by atoms with Crippen LogP contribution in [0.4, 0.5) is 0 Å². The van der Waals surface area contributed by atoms with Crippen LogP contribution in [0.25, 0.3) is 0 Å². The van der Waals surface area contributed by atoms with E-state index in [9.17, 15) is 0 Å². The normalized spacial score (nSPS) is 13.7. The summed E-state index contributed by atoms with van der Waals surface area (Å²) >= 11 is 0. The molecule has 0 aliphatic carbocycles. The minimum Gasteiger partial charge on any atom is -0.387 e. The maximum Gasteiger partial charge on any atom is 0.0992 e. The molecule has 0 aromatic rings. The molecule has 3 nitrogen and oxygen atoms in total. The number of rotatable bonds is 5. The Morgan fingerprint density at radius 2 is 1.93 bits per heavy atom. The first kappa shape index (κ1) is 13.4. The van der Waals surface area contributed by atoms with Crippen molar-refractivity contribution in [3.63, 3.8) is 0 Å². The zero-order valence-electron chi connectivity index (χ0n) is 10.1. The third kappa shape index (κ3) is 6.89. The van der Waals surface area contributed by atoms with Gasteiger partial charge in [-0.05, 0) is 5.92 Å². The molecule has 0 aliphatic rings. The number of ether oxygens (including phenoxy) is 1. The van der Waals surface area contributed by atoms with Gasteiger partial charge in [-0.1, -0.05) is 34.6 Å². The van der Waals surface area contributed by atoms with Crippen LogP contribution in [0.1, 0.15) is 34.6 Å². The molecule has 2 N–H and O–H groups in total. The number of nitrogens with two attached hydrogens (primary N) is 1. The Labute approximate surface area is 87.7 Å². The first-order valence-electron chi connectivity index (χ1n) is 5.22. The van der Waals surface area contributed by atoms with Gasteiger partial charge in [0.2, 0.25) is 0 Å². The topological polar surface area (TPSA) is 47.6 Å². The molecule has 14 heavy (non-hydrogen) atoms. The van der Waals surface area contributed by atoms with E-state index in [1.165, 1.54) is 0 Å². The average molecular weight is 200 g/mol. The molecule has 0 aromatic heterocycles. The molecule has 0 atom stereocenters. The van der Waals surface area contributed by atoms with Crippen molar-refractivity contribution in [2.75, 3.05) is 19.8 Å². The second kappa shape index (κ2) is 6.02. The second-order valence-corrected chi connectivity index (χ2v) is 4.99. The van der Waals surface area contributed by atoms with Crippen LogP contribution in [0.5, 0.6) is 0 Å². The van der Waals surface area contributed by atoms with E-state index in [1.54, 1.807) is 0 Å². The Kier molecular flexibility index (Phi) is 5.77. The predicted octanol–water partition coefficient (Wildman–Crippen LogP) is 2.06. The number of aliphatic imine (C=N–C) groups is 1. The van der Waals surface area contributed by atoms with Gasteiger partial charge in [0.25, 0.3) is 0 Å². The molecule has 0 bridgehead atoms. The Bertz CT molecular complexity index is 180. The Hall–Kier alpha value is -0.570. The van der Waals surface area contributed by atoms with Crippen molar-refractivity contribution >= 4 is 5.84 Å². The first-order valence-corrected chi connectivity index (χ1v) is 5.22. The summed E-state index contributed by atoms with van der Waals surface area (Å²) < 4.78 is 5.40. The highest BCUT2D eigenvalue weighted by Gasteiger charge is 2.14. The molecule has 0 saturated heterocycles. The van der Waals surface area contributed by atoms with Crippen LogP contribution in [-0.4, -0.2) is 25.6 Å². The summed E-state index contributed by atoms with van der Waals surface area (Å²) in [4.78, 5) is 4.26. The van der Waals surface area contributed by atoms with Crippen LogP contribution in [0, 0.1) is 11.3 Å². The highest BCUT2D eigenvalue weighted by Crippen LogP contribution is 2.12. The molecular weight excluding hydrogens is 176 g/mol. The van der Waals surface area contributed by atoms with E-state index in [2.05, 4.69) is 39.6 Å². The van der Waals surface area contributed by atoms with Crippen LogP contribution in [-0.2, 0) is 4.74 Å². The van der Waals surface area contributed by atoms with Gasteiger partial charge in [-0.25, -0.2) is 0 Å². The van der Waals surface area contributed by atoms with Crippen molar-refractivity contribution < 1.29 is 4.74 Å². The molecular formula is C11H24N2O. The summed E-state index contributed by atoms with van der Waals surface area (Å²) in [5, 5.41) is 0. The summed E-state index contributed by atoms with van der Waals surface area (Å²) in [7, 11) is 0. The number of hydrogen-bond acceptors (Lipinski definition) is 2. The lowest BCUT2D eigenvalue weighted by Gasteiger charge is -2.17. The Balaban J connectivity index is 3.62. The lowest BCUT2D eigenvalue weighted by molar-refractivity contribution is 0.117. The standard InChI is InChI=1S/C11H24N2O/c1-9(2)8-14-7-6-13-10(12)11(3,4)5/h9H,6-8H2,1-5H3,(H2,12,13). The van der Waals surface area contributed by atoms with Gasteiger partial charge in [0.1, 0.15) is 0 Å². The van der Waals surface area contributed by atoms with Crippen LogP contribution < -0.4 is 5.73 Å². The lowest BCUT2D eigenvalue weighted by atomic mass is 9.95. The zero-order chi connectivity index (χ0) is 11.2. The van der Waals surface area contributed by atoms with E-state index in [0.29, 0.717) is 24.9 Å². The van der Waals surface area contributed by atoms with Gasteiger partial charge in [0.05, 0.1) is 19.0 Å². The maximum atomic E-state index is 5.79. The fourth-order valence-corrected chi connectivity index (χ4v) is 0.787. The maximum absolute atomic E-state index is 5.79. The fraction of sp³-hybridized carbons (Fsp3) is 0.909. The van der Waals surface area contributed by atoms with E-state index in [0.717, 1.165) is 6.61 Å². The quantitative estimate of drug-likeness (QED) is 0.419. The van der Waals surface area contributed by atoms with E-state index in [1.807, 2.05) is 0 Å². The smallest absolute Gasteiger partial charge is 0.0992 e. The van der Waals surface area contributed by atoms with Crippen LogP contribution in [0.3, 0.4) is 0 Å². The van der Waals surface area contributed by atoms with E-state index in [4.69, 9.17) is 10.5 Å². The molecule has 84 valence electrons. The third-order valence-electron chi connectivity index (χ3n) is 1.74. The number of hydrogen-bond donors (Lipinski definition) is 1. The van der Waals surface area contributed by atoms with Crippen LogP contribution in [0.2, 0.25) is 0 Å². The summed E-state index contributed by atoms with van der Waals surface area (Å²) in [5.41, 5.74) is 5.76. The van der Waals surface area contributed by atoms with Gasteiger partial charge in [0.15, 0.2) is 0 Å². The summed E-state index contributed by atoms with van der Waals surface area (Å²) in [6.45, 7) is 12.6. The number of nitrogens with zero attached hydrogens (tertiary/aromatic N) is 1. The molecule has 3 heteroatoms. The summed E-state index contributed by atoms with van der Waals surface area (Å²) in [5.74, 6) is 1.28. The molecule has 0 spiro atoms. The van der Waals surface area contributed by atoms with Crippen molar-refractivity contribution in [3.05, 3.63) is 0 Å². The summed E-state index contributed by atoms with van der Waals surface area (Å²) in [6.07, 6.45) is 0. The molecule has 0 saturated carbocycles. The highest BCUT2D eigenvalue weighted by atomic mass is 16.5. The molecule has 0 aromatic carbocycles. The molecule has 0 radical (unpaired) electrons. The van der Waals surface area contributed by atoms with Crippen molar-refractivity contribution in [3.8, 4) is 0 Å². The van der Waals surface area contributed by atoms with E-state index in [-0.39, 0.29) is 5.41 Å². The van der Waals surface area contributed by atoms with Crippen molar-refractivity contribution in [2.24, 2.45) is 22.1 Å². The number of amidine groups is 1. The van der Waals surface area contributed by atoms with Gasteiger partial charge in [-0.15, -0.1) is 0 Å². The minimum atomic E-state index is -0.0297. The Morgan fingerprint density at radius 3 is 2.36 bits per heavy atom. The molecule has 0 fully saturated rings. The van der Waals surface area contributed by atoms with Gasteiger partial charge < -0.3 is 10.5 Å².